The van der Waals surface area contributed by atoms with Crippen molar-refractivity contribution in [1.82, 2.24) is 25.9 Å². The average Bonchev–Trinajstić information content (AvgIpc) is 3.82. The molecule has 2 unspecified atom stereocenters. The number of aromatic nitrogens is 2. The predicted molar refractivity (Wildman–Crippen MR) is 250 cm³/mol. The molecule has 1 aromatic carbocycles. The Morgan fingerprint density at radius 2 is 1.72 bits per heavy atom. The van der Waals surface area contributed by atoms with Gasteiger partial charge in [-0.25, -0.2) is 18.9 Å². The third-order valence-corrected chi connectivity index (χ3v) is 13.8. The van der Waals surface area contributed by atoms with Crippen molar-refractivity contribution in [2.24, 2.45) is 0 Å². The van der Waals surface area contributed by atoms with Gasteiger partial charge >= 0.3 is 37.8 Å². The second kappa shape index (κ2) is 28.0. The minimum absolute atomic E-state index is 0.0109. The summed E-state index contributed by atoms with van der Waals surface area (Å²) in [5.41, 5.74) is 5.07. The summed E-state index contributed by atoms with van der Waals surface area (Å²) in [6.07, 6.45) is -1.07. The number of rotatable bonds is 28. The molecule has 1 saturated heterocycles. The molecule has 0 spiro atoms. The summed E-state index contributed by atoms with van der Waals surface area (Å²) in [5, 5.41) is 26.2. The Morgan fingerprint density at radius 1 is 0.972 bits per heavy atom. The van der Waals surface area contributed by atoms with Crippen LogP contribution in [-0.2, 0) is 69.5 Å². The molecule has 3 amide bonds. The van der Waals surface area contributed by atoms with E-state index in [1.54, 1.807) is 12.1 Å². The highest BCUT2D eigenvalue weighted by Gasteiger charge is 2.36. The van der Waals surface area contributed by atoms with Crippen molar-refractivity contribution in [1.29, 1.82) is 0 Å². The first-order valence-corrected chi connectivity index (χ1v) is 25.2. The van der Waals surface area contributed by atoms with Gasteiger partial charge < -0.3 is 60.1 Å². The van der Waals surface area contributed by atoms with E-state index in [0.29, 0.717) is 45.6 Å². The Bertz CT molecular complexity index is 2460. The molecule has 71 heavy (non-hydrogen) atoms. The van der Waals surface area contributed by atoms with Gasteiger partial charge in [0.1, 0.15) is 28.9 Å². The van der Waals surface area contributed by atoms with Gasteiger partial charge in [0.15, 0.2) is 5.82 Å². The molecule has 388 valence electrons. The number of carbonyl (C=O) groups is 7. The first kappa shape index (κ1) is 55.8. The van der Waals surface area contributed by atoms with Gasteiger partial charge in [0.2, 0.25) is 18.6 Å². The minimum atomic E-state index is -4.16. The number of nitrogens with one attached hydrogen (secondary N) is 4. The van der Waals surface area contributed by atoms with E-state index in [1.165, 1.54) is 18.2 Å². The fourth-order valence-electron chi connectivity index (χ4n) is 6.37. The largest absolute Gasteiger partial charge is 0.530 e. The number of hydrogen-bond acceptors (Lipinski definition) is 22. The van der Waals surface area contributed by atoms with E-state index in [-0.39, 0.29) is 84.2 Å². The fraction of sp³-hybridized carbons (Fsp3) is 0.500. The number of esters is 2. The number of likely N-dealkylation sites (N-methyl/N-ethyl adjacent to an activating group) is 1. The lowest BCUT2D eigenvalue weighted by Crippen LogP contribution is -2.42. The van der Waals surface area contributed by atoms with Crippen molar-refractivity contribution in [2.45, 2.75) is 67.7 Å². The van der Waals surface area contributed by atoms with Crippen LogP contribution in [0, 0.1) is 0 Å². The quantitative estimate of drug-likeness (QED) is 0.0238. The second-order valence-electron chi connectivity index (χ2n) is 15.2. The number of nitrogen functional groups attached to an aromatic ring is 1. The number of carbonyl (C=O) groups excluding carboxylic acids is 5. The number of carboxylic acids is 2. The molecule has 8 N–H and O–H groups in total. The highest BCUT2D eigenvalue weighted by Crippen LogP contribution is 2.52. The van der Waals surface area contributed by atoms with Gasteiger partial charge in [0.05, 0.1) is 57.4 Å². The number of thiophene rings is 1. The Morgan fingerprint density at radius 3 is 2.44 bits per heavy atom. The molecular weight excluding hydrogens is 1000 g/mol. The number of H-pyrrole nitrogens is 1. The molecule has 26 nitrogen and oxygen atoms in total. The lowest BCUT2D eigenvalue weighted by molar-refractivity contribution is -0.154. The molecule has 0 radical (unpaired) electrons. The zero-order valence-electron chi connectivity index (χ0n) is 38.3. The van der Waals surface area contributed by atoms with E-state index in [1.807, 2.05) is 7.05 Å². The van der Waals surface area contributed by atoms with Crippen molar-refractivity contribution in [2.75, 3.05) is 83.7 Å². The van der Waals surface area contributed by atoms with Crippen molar-refractivity contribution in [3.05, 3.63) is 61.6 Å². The number of ether oxygens (including phenoxy) is 5. The van der Waals surface area contributed by atoms with Crippen molar-refractivity contribution in [3.63, 3.8) is 0 Å². The number of aromatic amines is 1. The molecule has 0 aliphatic carbocycles. The van der Waals surface area contributed by atoms with Crippen LogP contribution < -0.4 is 36.7 Å². The summed E-state index contributed by atoms with van der Waals surface area (Å²) >= 11 is 2.28. The van der Waals surface area contributed by atoms with E-state index >= 15 is 0 Å². The number of phosphoric acid groups is 1. The number of aryl methyl sites for hydroxylation is 1. The molecule has 4 heterocycles. The molecule has 0 saturated carbocycles. The first-order valence-electron chi connectivity index (χ1n) is 22.0. The van der Waals surface area contributed by atoms with Crippen LogP contribution in [0.4, 0.5) is 16.6 Å². The topological polar surface area (TPSA) is 362 Å². The number of aliphatic carboxylic acids is 2. The molecule has 2 aliphatic rings. The van der Waals surface area contributed by atoms with Crippen LogP contribution in [0.5, 0.6) is 5.75 Å². The SMILES string of the molecule is CNCCOCCOCCNC(=O)CCC(NC(=O)c1ccc(CCC2CN(C(=O)OCc3ccc(OP4(=O)OCCCO4)c(C(=O)OCOC(=O)CCC(=O)O)c3)c3nc(N)[nH]c(=O)c3S2)s1)C(=O)O. The molecule has 2 atom stereocenters. The van der Waals surface area contributed by atoms with Gasteiger partial charge in [-0.15, -0.1) is 23.1 Å². The monoisotopic (exact) mass is 1060 g/mol. The second-order valence-corrected chi connectivity index (χ2v) is 19.3. The minimum Gasteiger partial charge on any atom is -0.481 e. The summed E-state index contributed by atoms with van der Waals surface area (Å²) in [6.45, 7) is 1.18. The van der Waals surface area contributed by atoms with Crippen molar-refractivity contribution >= 4 is 84.5 Å². The van der Waals surface area contributed by atoms with Crippen molar-refractivity contribution in [3.8, 4) is 5.75 Å². The Kier molecular flexibility index (Phi) is 22.0. The van der Waals surface area contributed by atoms with E-state index in [9.17, 15) is 48.0 Å². The highest BCUT2D eigenvalue weighted by atomic mass is 32.2. The van der Waals surface area contributed by atoms with Gasteiger partial charge in [0.25, 0.3) is 11.5 Å². The normalized spacial score (nSPS) is 15.4. The third-order valence-electron chi connectivity index (χ3n) is 9.90. The summed E-state index contributed by atoms with van der Waals surface area (Å²) in [7, 11) is -2.35. The predicted octanol–water partition coefficient (Wildman–Crippen LogP) is 2.44. The number of amides is 3. The number of fused-ring (bicyclic) bond motifs is 1. The number of phosphoric ester groups is 1. The van der Waals surface area contributed by atoms with Gasteiger partial charge in [-0.2, -0.15) is 4.98 Å². The van der Waals surface area contributed by atoms with Crippen LogP contribution in [0.15, 0.2) is 40.0 Å². The first-order chi connectivity index (χ1) is 34.0. The standard InChI is InChI=1S/C42H54N7O19PS2/c1-44-13-17-61-19-20-62-18-14-45-32(50)10-7-29(39(56)57)46-37(54)31-9-6-26(70-31)4-5-27-22-49(36-35(71-27)38(55)48-41(43)47-36)42(59)63-23-25-3-8-30(68-69(60)66-15-2-16-67-69)28(21-25)40(58)65-24-64-34(53)12-11-33(51)52/h3,6,8-9,21,27,29,44H,2,4-5,7,10-20,22-24H2,1H3,(H,45,50)(H,46,54)(H,51,52)(H,56,57)(H3,43,47,48,55). The molecule has 29 heteroatoms. The summed E-state index contributed by atoms with van der Waals surface area (Å²) in [5.74, 6) is -6.33. The maximum Gasteiger partial charge on any atom is 0.530 e. The van der Waals surface area contributed by atoms with Crippen LogP contribution in [0.25, 0.3) is 0 Å². The number of carboxylic acid groups (broad SMARTS) is 2. The highest BCUT2D eigenvalue weighted by molar-refractivity contribution is 8.00. The molecule has 3 aromatic rings. The van der Waals surface area contributed by atoms with E-state index in [4.69, 9.17) is 48.1 Å². The van der Waals surface area contributed by atoms with Crippen molar-refractivity contribution < 1.29 is 85.6 Å². The van der Waals surface area contributed by atoms with Gasteiger partial charge in [-0.3, -0.25) is 42.9 Å². The molecule has 5 rings (SSSR count). The summed E-state index contributed by atoms with van der Waals surface area (Å²) in [6, 6.07) is 5.70. The lowest BCUT2D eigenvalue weighted by atomic mass is 10.1. The molecule has 2 aromatic heterocycles. The Balaban J connectivity index is 1.17. The van der Waals surface area contributed by atoms with Gasteiger partial charge in [-0.05, 0) is 62.6 Å². The number of thioether (sulfide) groups is 1. The van der Waals surface area contributed by atoms with Crippen LogP contribution in [0.1, 0.15) is 69.0 Å². The molecule has 0 bridgehead atoms. The van der Waals surface area contributed by atoms with E-state index < -0.39 is 92.7 Å². The zero-order valence-corrected chi connectivity index (χ0v) is 40.9. The zero-order chi connectivity index (χ0) is 51.3. The van der Waals surface area contributed by atoms with Crippen LogP contribution >= 0.6 is 30.9 Å². The fourth-order valence-corrected chi connectivity index (χ4v) is 9.79. The lowest BCUT2D eigenvalue weighted by Gasteiger charge is -2.32. The smallest absolute Gasteiger partial charge is 0.481 e. The molecule has 1 fully saturated rings. The van der Waals surface area contributed by atoms with Crippen LogP contribution in [-0.4, -0.2) is 146 Å². The number of nitrogens with zero attached hydrogens (tertiary/aromatic N) is 2. The van der Waals surface area contributed by atoms with Crippen LogP contribution in [0.2, 0.25) is 0 Å². The molecule has 2 aliphatic heterocycles. The summed E-state index contributed by atoms with van der Waals surface area (Å²) in [4.78, 5) is 109. The van der Waals surface area contributed by atoms with E-state index in [2.05, 4.69) is 25.9 Å². The van der Waals surface area contributed by atoms with E-state index in [0.717, 1.165) is 32.9 Å². The van der Waals surface area contributed by atoms with Gasteiger partial charge in [0, 0.05) is 36.2 Å². The number of benzene rings is 1. The number of nitrogens with two attached hydrogens (primary N) is 1. The molecular formula is C42H54N7O19PS2. The number of anilines is 2. The Labute approximate surface area is 413 Å². The van der Waals surface area contributed by atoms with Gasteiger partial charge in [-0.1, -0.05) is 6.07 Å². The average molecular weight is 1060 g/mol. The third kappa shape index (κ3) is 18.2. The van der Waals surface area contributed by atoms with Crippen LogP contribution in [0.3, 0.4) is 0 Å². The number of hydrogen-bond donors (Lipinski definition) is 7. The maximum absolute atomic E-state index is 13.8. The Hall–Kier alpha value is -6.13. The summed E-state index contributed by atoms with van der Waals surface area (Å²) < 4.78 is 55.1. The maximum atomic E-state index is 13.8.